The molecule has 2 aliphatic heterocycles. The van der Waals surface area contributed by atoms with E-state index in [1.54, 1.807) is 22.5 Å². The molecule has 5 rings (SSSR count). The topological polar surface area (TPSA) is 40.6 Å². The fraction of sp³-hybridized carbons (Fsp3) is 0.280. The molecule has 2 atom stereocenters. The standard InChI is InChI=1S/C25H25BrN2O2S/c26-24-12-6-7-13-25(24)31(29,30)28-16-20-10-4-5-11-22(20)23-18-27(15-21(23)17-28)14-19-8-2-1-3-9-19/h1-13,21,23H,14-18H2/t21-,23+/m0/s1. The number of hydrogen-bond acceptors (Lipinski definition) is 3. The lowest BCUT2D eigenvalue weighted by atomic mass is 9.87. The summed E-state index contributed by atoms with van der Waals surface area (Å²) in [6, 6.07) is 26.0. The van der Waals surface area contributed by atoms with E-state index in [1.165, 1.54) is 11.1 Å². The fourth-order valence-electron chi connectivity index (χ4n) is 5.00. The van der Waals surface area contributed by atoms with Crippen LogP contribution >= 0.6 is 15.9 Å². The van der Waals surface area contributed by atoms with Gasteiger partial charge in [-0.1, -0.05) is 66.7 Å². The molecule has 2 heterocycles. The molecule has 0 bridgehead atoms. The molecule has 6 heteroatoms. The highest BCUT2D eigenvalue weighted by Crippen LogP contribution is 2.40. The lowest BCUT2D eigenvalue weighted by Gasteiger charge is -2.25. The van der Waals surface area contributed by atoms with Crippen molar-refractivity contribution in [1.29, 1.82) is 0 Å². The molecule has 4 nitrogen and oxygen atoms in total. The Kier molecular flexibility index (Phi) is 5.73. The predicted octanol–water partition coefficient (Wildman–Crippen LogP) is 4.87. The maximum Gasteiger partial charge on any atom is 0.244 e. The molecule has 0 aromatic heterocycles. The number of fused-ring (bicyclic) bond motifs is 3. The van der Waals surface area contributed by atoms with Gasteiger partial charge in [-0.2, -0.15) is 4.31 Å². The van der Waals surface area contributed by atoms with Crippen LogP contribution in [-0.2, 0) is 23.1 Å². The molecule has 1 fully saturated rings. The number of likely N-dealkylation sites (tertiary alicyclic amines) is 1. The van der Waals surface area contributed by atoms with Crippen LogP contribution < -0.4 is 0 Å². The predicted molar refractivity (Wildman–Crippen MR) is 126 cm³/mol. The van der Waals surface area contributed by atoms with Gasteiger partial charge in [0.05, 0.1) is 4.90 Å². The Hall–Kier alpha value is -1.99. The molecular formula is C25H25BrN2O2S. The van der Waals surface area contributed by atoms with E-state index in [0.29, 0.717) is 28.4 Å². The quantitative estimate of drug-likeness (QED) is 0.517. The van der Waals surface area contributed by atoms with Crippen LogP contribution in [0.5, 0.6) is 0 Å². The molecule has 0 spiro atoms. The maximum absolute atomic E-state index is 13.6. The highest BCUT2D eigenvalue weighted by Gasteiger charge is 2.41. The van der Waals surface area contributed by atoms with Crippen molar-refractivity contribution in [3.63, 3.8) is 0 Å². The summed E-state index contributed by atoms with van der Waals surface area (Å²) < 4.78 is 29.5. The van der Waals surface area contributed by atoms with Gasteiger partial charge in [-0.3, -0.25) is 4.90 Å². The molecule has 31 heavy (non-hydrogen) atoms. The highest BCUT2D eigenvalue weighted by molar-refractivity contribution is 9.10. The first-order chi connectivity index (χ1) is 15.0. The normalized spacial score (nSPS) is 22.0. The summed E-state index contributed by atoms with van der Waals surface area (Å²) in [6.07, 6.45) is 0. The first-order valence-corrected chi connectivity index (χ1v) is 12.8. The second-order valence-electron chi connectivity index (χ2n) is 8.47. The minimum atomic E-state index is -3.61. The third-order valence-electron chi connectivity index (χ3n) is 6.46. The lowest BCUT2D eigenvalue weighted by Crippen LogP contribution is -2.35. The number of nitrogens with zero attached hydrogens (tertiary/aromatic N) is 2. The fourth-order valence-corrected chi connectivity index (χ4v) is 7.44. The summed E-state index contributed by atoms with van der Waals surface area (Å²) in [5.74, 6) is 0.615. The molecule has 0 radical (unpaired) electrons. The SMILES string of the molecule is O=S(=O)(c1ccccc1Br)N1Cc2ccccc2[C@@H]2CN(Cc3ccccc3)C[C@H]2C1. The molecular weight excluding hydrogens is 472 g/mol. The van der Waals surface area contributed by atoms with Crippen molar-refractivity contribution in [2.75, 3.05) is 19.6 Å². The lowest BCUT2D eigenvalue weighted by molar-refractivity contribution is 0.293. The first kappa shape index (κ1) is 20.9. The van der Waals surface area contributed by atoms with E-state index in [4.69, 9.17) is 0 Å². The zero-order valence-electron chi connectivity index (χ0n) is 17.2. The van der Waals surface area contributed by atoms with Crippen molar-refractivity contribution in [3.8, 4) is 0 Å². The highest BCUT2D eigenvalue weighted by atomic mass is 79.9. The number of rotatable bonds is 4. The Morgan fingerprint density at radius 2 is 1.55 bits per heavy atom. The zero-order chi connectivity index (χ0) is 21.4. The number of halogens is 1. The van der Waals surface area contributed by atoms with Gasteiger partial charge in [-0.25, -0.2) is 8.42 Å². The molecule has 0 amide bonds. The van der Waals surface area contributed by atoms with Crippen molar-refractivity contribution in [2.24, 2.45) is 5.92 Å². The number of hydrogen-bond donors (Lipinski definition) is 0. The first-order valence-electron chi connectivity index (χ1n) is 10.6. The minimum absolute atomic E-state index is 0.268. The second kappa shape index (κ2) is 8.51. The van der Waals surface area contributed by atoms with Crippen LogP contribution in [0.4, 0.5) is 0 Å². The average molecular weight is 497 g/mol. The summed E-state index contributed by atoms with van der Waals surface area (Å²) in [5.41, 5.74) is 3.71. The number of benzene rings is 3. The second-order valence-corrected chi connectivity index (χ2v) is 11.2. The molecule has 160 valence electrons. The Bertz CT molecular complexity index is 1180. The van der Waals surface area contributed by atoms with E-state index in [-0.39, 0.29) is 5.92 Å². The van der Waals surface area contributed by atoms with Gasteiger partial charge in [-0.05, 0) is 50.7 Å². The minimum Gasteiger partial charge on any atom is -0.298 e. The molecule has 1 saturated heterocycles. The summed E-state index contributed by atoms with van der Waals surface area (Å²) >= 11 is 3.44. The van der Waals surface area contributed by atoms with Crippen molar-refractivity contribution < 1.29 is 8.42 Å². The Morgan fingerprint density at radius 1 is 0.839 bits per heavy atom. The average Bonchev–Trinajstić information content (AvgIpc) is 3.09. The van der Waals surface area contributed by atoms with Crippen LogP contribution in [0, 0.1) is 5.92 Å². The van der Waals surface area contributed by atoms with Gasteiger partial charge in [0.2, 0.25) is 10.0 Å². The van der Waals surface area contributed by atoms with Gasteiger partial charge in [-0.15, -0.1) is 0 Å². The molecule has 0 unspecified atom stereocenters. The Balaban J connectivity index is 1.48. The van der Waals surface area contributed by atoms with Crippen LogP contribution in [0.25, 0.3) is 0 Å². The van der Waals surface area contributed by atoms with Crippen molar-refractivity contribution in [1.82, 2.24) is 9.21 Å². The van der Waals surface area contributed by atoms with E-state index in [9.17, 15) is 8.42 Å². The van der Waals surface area contributed by atoms with Crippen LogP contribution in [0.3, 0.4) is 0 Å². The van der Waals surface area contributed by atoms with Gasteiger partial charge >= 0.3 is 0 Å². The van der Waals surface area contributed by atoms with Crippen LogP contribution in [0.2, 0.25) is 0 Å². The molecule has 0 saturated carbocycles. The van der Waals surface area contributed by atoms with Gasteiger partial charge < -0.3 is 0 Å². The van der Waals surface area contributed by atoms with Gasteiger partial charge in [0.1, 0.15) is 0 Å². The smallest absolute Gasteiger partial charge is 0.244 e. The van der Waals surface area contributed by atoms with E-state index in [1.807, 2.05) is 18.2 Å². The van der Waals surface area contributed by atoms with Gasteiger partial charge in [0.15, 0.2) is 0 Å². The van der Waals surface area contributed by atoms with Crippen molar-refractivity contribution >= 4 is 26.0 Å². The monoisotopic (exact) mass is 496 g/mol. The number of sulfonamides is 1. The molecule has 3 aromatic rings. The summed E-state index contributed by atoms with van der Waals surface area (Å²) in [4.78, 5) is 2.81. The third kappa shape index (κ3) is 4.10. The van der Waals surface area contributed by atoms with Gasteiger partial charge in [0.25, 0.3) is 0 Å². The zero-order valence-corrected chi connectivity index (χ0v) is 19.6. The third-order valence-corrected chi connectivity index (χ3v) is 9.28. The molecule has 0 N–H and O–H groups in total. The van der Waals surface area contributed by atoms with E-state index in [2.05, 4.69) is 63.3 Å². The van der Waals surface area contributed by atoms with Crippen LogP contribution in [0.1, 0.15) is 22.6 Å². The van der Waals surface area contributed by atoms with E-state index >= 15 is 0 Å². The van der Waals surface area contributed by atoms with E-state index < -0.39 is 10.0 Å². The summed E-state index contributed by atoms with van der Waals surface area (Å²) in [6.45, 7) is 3.71. The van der Waals surface area contributed by atoms with E-state index in [0.717, 1.165) is 25.2 Å². The van der Waals surface area contributed by atoms with Crippen molar-refractivity contribution in [3.05, 3.63) is 100 Å². The van der Waals surface area contributed by atoms with Crippen molar-refractivity contribution in [2.45, 2.75) is 23.9 Å². The van der Waals surface area contributed by atoms with Crippen LogP contribution in [0.15, 0.2) is 88.2 Å². The van der Waals surface area contributed by atoms with Crippen LogP contribution in [-0.4, -0.2) is 37.3 Å². The Labute approximate surface area is 192 Å². The summed E-state index contributed by atoms with van der Waals surface area (Å²) in [7, 11) is -3.61. The maximum atomic E-state index is 13.6. The summed E-state index contributed by atoms with van der Waals surface area (Å²) in [5, 5.41) is 0. The molecule has 2 aliphatic rings. The molecule has 0 aliphatic carbocycles. The molecule has 3 aromatic carbocycles. The van der Waals surface area contributed by atoms with Gasteiger partial charge in [0, 0.05) is 43.1 Å². The largest absolute Gasteiger partial charge is 0.298 e. The Morgan fingerprint density at radius 3 is 2.35 bits per heavy atom.